The lowest BCUT2D eigenvalue weighted by molar-refractivity contribution is 0.111. The zero-order valence-corrected chi connectivity index (χ0v) is 10.7. The molecule has 1 aromatic rings. The molecule has 1 heterocycles. The minimum absolute atomic E-state index is 0.160. The molecular weight excluding hydrogens is 210 g/mol. The van der Waals surface area contributed by atoms with Crippen molar-refractivity contribution in [1.82, 2.24) is 4.98 Å². The van der Waals surface area contributed by atoms with Gasteiger partial charge in [-0.2, -0.15) is 0 Å². The maximum atomic E-state index is 5.49. The van der Waals surface area contributed by atoms with Crippen LogP contribution >= 0.6 is 0 Å². The Bertz CT molecular complexity index is 264. The smallest absolute Gasteiger partial charge is 0.376 e. The van der Waals surface area contributed by atoms with E-state index in [1.54, 1.807) is 21.3 Å². The summed E-state index contributed by atoms with van der Waals surface area (Å²) in [6, 6.07) is 4.01. The van der Waals surface area contributed by atoms with E-state index in [2.05, 4.69) is 11.9 Å². The molecule has 4 nitrogen and oxygen atoms in total. The Morgan fingerprint density at radius 3 is 2.20 bits per heavy atom. The molecule has 0 saturated carbocycles. The summed E-state index contributed by atoms with van der Waals surface area (Å²) in [5, 5.41) is 0. The number of hydrogen-bond acceptors (Lipinski definition) is 3. The minimum Gasteiger partial charge on any atom is -0.376 e. The molecule has 0 radical (unpaired) electrons. The Labute approximate surface area is 91.9 Å². The lowest BCUT2D eigenvalue weighted by Crippen LogP contribution is -2.49. The van der Waals surface area contributed by atoms with Gasteiger partial charge >= 0.3 is 8.80 Å². The van der Waals surface area contributed by atoms with Gasteiger partial charge in [0.05, 0.1) is 5.54 Å². The van der Waals surface area contributed by atoms with Crippen LogP contribution in [0.3, 0.4) is 0 Å². The van der Waals surface area contributed by atoms with Crippen LogP contribution < -0.4 is 0 Å². The second-order valence-electron chi connectivity index (χ2n) is 3.30. The van der Waals surface area contributed by atoms with Gasteiger partial charge in [0.1, 0.15) is 0 Å². The summed E-state index contributed by atoms with van der Waals surface area (Å²) in [5.74, 6) is 0. The van der Waals surface area contributed by atoms with Crippen molar-refractivity contribution in [2.75, 3.05) is 21.3 Å². The highest BCUT2D eigenvalue weighted by atomic mass is 28.4. The highest BCUT2D eigenvalue weighted by Crippen LogP contribution is 2.30. The highest BCUT2D eigenvalue weighted by Gasteiger charge is 2.47. The summed E-state index contributed by atoms with van der Waals surface area (Å²) in [6.07, 6.45) is 2.82. The summed E-state index contributed by atoms with van der Waals surface area (Å²) in [6.45, 7) is 2.10. The van der Waals surface area contributed by atoms with E-state index in [0.29, 0.717) is 0 Å². The lowest BCUT2D eigenvalue weighted by Gasteiger charge is -2.31. The molecule has 5 heteroatoms. The average Bonchev–Trinajstić information content (AvgIpc) is 2.79. The maximum Gasteiger partial charge on any atom is 0.509 e. The van der Waals surface area contributed by atoms with Crippen molar-refractivity contribution < 1.29 is 13.3 Å². The average molecular weight is 229 g/mol. The second-order valence-corrected chi connectivity index (χ2v) is 6.43. The fraction of sp³-hybridized carbons (Fsp3) is 0.600. The Kier molecular flexibility index (Phi) is 4.53. The lowest BCUT2D eigenvalue weighted by atomic mass is 10.2. The first-order valence-corrected chi connectivity index (χ1v) is 6.83. The van der Waals surface area contributed by atoms with E-state index in [9.17, 15) is 0 Å². The van der Waals surface area contributed by atoms with Crippen molar-refractivity contribution in [3.05, 3.63) is 24.0 Å². The highest BCUT2D eigenvalue weighted by molar-refractivity contribution is 6.62. The molecule has 0 aliphatic carbocycles. The summed E-state index contributed by atoms with van der Waals surface area (Å²) in [5.41, 5.74) is 1.27. The molecular formula is C10H19NO3Si. The molecule has 0 aliphatic rings. The van der Waals surface area contributed by atoms with Crippen molar-refractivity contribution >= 4 is 8.80 Å². The van der Waals surface area contributed by atoms with Gasteiger partial charge in [0.15, 0.2) is 0 Å². The first-order chi connectivity index (χ1) is 7.24. The van der Waals surface area contributed by atoms with Crippen molar-refractivity contribution in [2.24, 2.45) is 0 Å². The number of rotatable bonds is 6. The largest absolute Gasteiger partial charge is 0.509 e. The molecule has 0 bridgehead atoms. The minimum atomic E-state index is -2.58. The van der Waals surface area contributed by atoms with Crippen LogP contribution in [0.15, 0.2) is 18.3 Å². The summed E-state index contributed by atoms with van der Waals surface area (Å²) >= 11 is 0. The van der Waals surface area contributed by atoms with E-state index in [1.807, 2.05) is 18.3 Å². The monoisotopic (exact) mass is 229 g/mol. The van der Waals surface area contributed by atoms with Crippen LogP contribution in [0.1, 0.15) is 24.6 Å². The number of aromatic nitrogens is 1. The van der Waals surface area contributed by atoms with E-state index in [4.69, 9.17) is 13.3 Å². The molecule has 1 rings (SSSR count). The van der Waals surface area contributed by atoms with Gasteiger partial charge in [0.2, 0.25) is 0 Å². The van der Waals surface area contributed by atoms with Gasteiger partial charge in [0, 0.05) is 33.2 Å². The third-order valence-electron chi connectivity index (χ3n) is 2.69. The van der Waals surface area contributed by atoms with Crippen molar-refractivity contribution in [1.29, 1.82) is 0 Å². The Hall–Kier alpha value is -0.623. The van der Waals surface area contributed by atoms with Crippen LogP contribution in [0.2, 0.25) is 0 Å². The molecule has 1 N–H and O–H groups in total. The van der Waals surface area contributed by atoms with Crippen molar-refractivity contribution in [2.45, 2.75) is 18.9 Å². The maximum absolute atomic E-state index is 5.49. The number of hydrogen-bond donors (Lipinski definition) is 1. The Balaban J connectivity index is 2.98. The Morgan fingerprint density at radius 2 is 1.87 bits per heavy atom. The fourth-order valence-electron chi connectivity index (χ4n) is 1.90. The van der Waals surface area contributed by atoms with Crippen LogP contribution in [-0.4, -0.2) is 35.1 Å². The molecule has 0 aliphatic heterocycles. The first-order valence-electron chi connectivity index (χ1n) is 5.02. The zero-order valence-electron chi connectivity index (χ0n) is 9.74. The van der Waals surface area contributed by atoms with Crippen LogP contribution in [0, 0.1) is 0 Å². The van der Waals surface area contributed by atoms with Gasteiger partial charge in [-0.3, -0.25) is 0 Å². The van der Waals surface area contributed by atoms with Crippen molar-refractivity contribution in [3.8, 4) is 0 Å². The fourth-order valence-corrected chi connectivity index (χ4v) is 4.31. The number of H-pyrrole nitrogens is 1. The molecule has 0 aromatic carbocycles. The van der Waals surface area contributed by atoms with Gasteiger partial charge in [-0.1, -0.05) is 6.92 Å². The summed E-state index contributed by atoms with van der Waals surface area (Å²) in [7, 11) is 2.35. The normalized spacial score (nSPS) is 14.1. The van der Waals surface area contributed by atoms with Crippen LogP contribution in [0.4, 0.5) is 0 Å². The SMILES string of the molecule is CCC(c1ccc[nH]1)[Si](OC)(OC)OC. The van der Waals surface area contributed by atoms with Crippen LogP contribution in [0.5, 0.6) is 0 Å². The predicted octanol–water partition coefficient (Wildman–Crippen LogP) is 1.93. The molecule has 0 saturated heterocycles. The third kappa shape index (κ3) is 2.31. The van der Waals surface area contributed by atoms with Gasteiger partial charge in [0.25, 0.3) is 0 Å². The molecule has 86 valence electrons. The van der Waals surface area contributed by atoms with E-state index in [0.717, 1.165) is 12.1 Å². The number of nitrogens with one attached hydrogen (secondary N) is 1. The molecule has 1 atom stereocenters. The Morgan fingerprint density at radius 1 is 1.27 bits per heavy atom. The molecule has 1 unspecified atom stereocenters. The van der Waals surface area contributed by atoms with Gasteiger partial charge < -0.3 is 18.3 Å². The van der Waals surface area contributed by atoms with Gasteiger partial charge in [-0.15, -0.1) is 0 Å². The van der Waals surface area contributed by atoms with E-state index >= 15 is 0 Å². The van der Waals surface area contributed by atoms with Crippen molar-refractivity contribution in [3.63, 3.8) is 0 Å². The topological polar surface area (TPSA) is 43.5 Å². The van der Waals surface area contributed by atoms with E-state index in [-0.39, 0.29) is 5.54 Å². The zero-order chi connectivity index (χ0) is 11.3. The molecule has 0 fully saturated rings. The number of aromatic amines is 1. The summed E-state index contributed by atoms with van der Waals surface area (Å²) in [4.78, 5) is 3.19. The first kappa shape index (κ1) is 12.4. The molecule has 15 heavy (non-hydrogen) atoms. The predicted molar refractivity (Wildman–Crippen MR) is 60.6 cm³/mol. The standard InChI is InChI=1S/C10H19NO3Si/c1-5-10(9-7-6-8-11-9)15(12-2,13-3)14-4/h6-8,10-11H,5H2,1-4H3. The van der Waals surface area contributed by atoms with E-state index in [1.165, 1.54) is 0 Å². The van der Waals surface area contributed by atoms with Gasteiger partial charge in [-0.25, -0.2) is 0 Å². The third-order valence-corrected chi connectivity index (χ3v) is 5.97. The molecule has 1 aromatic heterocycles. The van der Waals surface area contributed by atoms with Gasteiger partial charge in [-0.05, 0) is 18.6 Å². The quantitative estimate of drug-likeness (QED) is 0.758. The van der Waals surface area contributed by atoms with Crippen LogP contribution in [0.25, 0.3) is 0 Å². The van der Waals surface area contributed by atoms with Crippen LogP contribution in [-0.2, 0) is 13.3 Å². The van der Waals surface area contributed by atoms with E-state index < -0.39 is 8.80 Å². The molecule has 0 spiro atoms. The second kappa shape index (κ2) is 5.46. The summed E-state index contributed by atoms with van der Waals surface area (Å²) < 4.78 is 16.5. The molecule has 0 amide bonds.